The zero-order valence-electron chi connectivity index (χ0n) is 12.3. The lowest BCUT2D eigenvalue weighted by Gasteiger charge is -2.16. The maximum atomic E-state index is 10.7. The smallest absolute Gasteiger partial charge is 0.330 e. The Bertz CT molecular complexity index is 427. The second kappa shape index (κ2) is 9.59. The fourth-order valence-corrected chi connectivity index (χ4v) is 2.69. The predicted octanol–water partition coefficient (Wildman–Crippen LogP) is 1.34. The van der Waals surface area contributed by atoms with E-state index in [1.165, 1.54) is 31.7 Å². The molecule has 0 saturated carbocycles. The first kappa shape index (κ1) is 19.7. The molecule has 0 aromatic heterocycles. The van der Waals surface area contributed by atoms with E-state index < -0.39 is 24.1 Å². The second-order valence-corrected chi connectivity index (χ2v) is 5.98. The van der Waals surface area contributed by atoms with Crippen LogP contribution < -0.4 is 0 Å². The first-order valence-electron chi connectivity index (χ1n) is 6.42. The Morgan fingerprint density at radius 2 is 1.48 bits per heavy atom. The van der Waals surface area contributed by atoms with Crippen molar-refractivity contribution in [1.82, 2.24) is 0 Å². The molecule has 0 spiro atoms. The van der Waals surface area contributed by atoms with E-state index in [1.807, 2.05) is 6.92 Å². The Morgan fingerprint density at radius 1 is 1.00 bits per heavy atom. The highest BCUT2D eigenvalue weighted by Crippen LogP contribution is 2.19. The monoisotopic (exact) mass is 318 g/mol. The lowest BCUT2D eigenvalue weighted by Crippen LogP contribution is -2.21. The molecule has 0 aromatic rings. The summed E-state index contributed by atoms with van der Waals surface area (Å²) in [5, 5.41) is 36.0. The molecular formula is C14H22O6S. The van der Waals surface area contributed by atoms with Crippen LogP contribution in [0.5, 0.6) is 0 Å². The van der Waals surface area contributed by atoms with Gasteiger partial charge in [0.25, 0.3) is 0 Å². The van der Waals surface area contributed by atoms with Gasteiger partial charge in [0.05, 0.1) is 0 Å². The number of aliphatic hydroxyl groups is 2. The minimum atomic E-state index is -1.63. The van der Waals surface area contributed by atoms with Crippen molar-refractivity contribution in [3.05, 3.63) is 23.3 Å². The van der Waals surface area contributed by atoms with E-state index in [0.29, 0.717) is 11.5 Å². The lowest BCUT2D eigenvalue weighted by atomic mass is 10.1. The second-order valence-electron chi connectivity index (χ2n) is 4.90. The molecule has 0 heterocycles. The molecule has 4 N–H and O–H groups in total. The van der Waals surface area contributed by atoms with Gasteiger partial charge in [0.15, 0.2) is 6.29 Å². The van der Waals surface area contributed by atoms with Crippen LogP contribution in [0.3, 0.4) is 0 Å². The summed E-state index contributed by atoms with van der Waals surface area (Å²) in [5.41, 5.74) is 0.326. The number of rotatable bonds is 9. The van der Waals surface area contributed by atoms with Crippen LogP contribution >= 0.6 is 11.8 Å². The van der Waals surface area contributed by atoms with E-state index in [0.717, 1.165) is 0 Å². The van der Waals surface area contributed by atoms with Gasteiger partial charge in [-0.1, -0.05) is 19.1 Å². The Hall–Kier alpha value is -1.31. The van der Waals surface area contributed by atoms with Gasteiger partial charge in [-0.25, -0.2) is 9.59 Å². The van der Waals surface area contributed by atoms with Crippen LogP contribution in [0, 0.1) is 11.8 Å². The number of hydrogen-bond acceptors (Lipinski definition) is 5. The average molecular weight is 318 g/mol. The number of thioether (sulfide) groups is 1. The molecule has 0 aliphatic heterocycles. The van der Waals surface area contributed by atoms with Crippen molar-refractivity contribution >= 4 is 23.7 Å². The number of carboxylic acid groups (broad SMARTS) is 2. The van der Waals surface area contributed by atoms with Gasteiger partial charge in [0.2, 0.25) is 0 Å². The predicted molar refractivity (Wildman–Crippen MR) is 81.0 cm³/mol. The molecule has 21 heavy (non-hydrogen) atoms. The fraction of sp³-hybridized carbons (Fsp3) is 0.571. The van der Waals surface area contributed by atoms with Gasteiger partial charge in [-0.2, -0.15) is 11.8 Å². The quantitative estimate of drug-likeness (QED) is 0.374. The van der Waals surface area contributed by atoms with Crippen molar-refractivity contribution in [3.8, 4) is 0 Å². The highest BCUT2D eigenvalue weighted by Gasteiger charge is 2.16. The van der Waals surface area contributed by atoms with Crippen molar-refractivity contribution in [2.45, 2.75) is 27.1 Å². The standard InChI is InChI=1S/C14H22O6S/c1-8(4-9(2)12(15)16)6-21-7-11(14(19)20)5-10(3)13(17)18/h4-5,8,11,14,19-20H,6-7H2,1-3H3,(H,15,16)(H,17,18). The number of carboxylic acids is 2. The summed E-state index contributed by atoms with van der Waals surface area (Å²) in [6, 6.07) is 0. The van der Waals surface area contributed by atoms with Crippen molar-refractivity contribution in [3.63, 3.8) is 0 Å². The van der Waals surface area contributed by atoms with Crippen LogP contribution in [-0.4, -0.2) is 50.2 Å². The summed E-state index contributed by atoms with van der Waals surface area (Å²) in [5.74, 6) is -1.77. The molecule has 0 aromatic carbocycles. The van der Waals surface area contributed by atoms with E-state index in [-0.39, 0.29) is 17.1 Å². The van der Waals surface area contributed by atoms with Crippen molar-refractivity contribution in [1.29, 1.82) is 0 Å². The van der Waals surface area contributed by atoms with Gasteiger partial charge in [-0.3, -0.25) is 0 Å². The summed E-state index contributed by atoms with van der Waals surface area (Å²) in [7, 11) is 0. The van der Waals surface area contributed by atoms with Crippen LogP contribution in [0.4, 0.5) is 0 Å². The molecule has 0 fully saturated rings. The third-order valence-electron chi connectivity index (χ3n) is 2.75. The van der Waals surface area contributed by atoms with Crippen molar-refractivity contribution < 1.29 is 30.0 Å². The summed E-state index contributed by atoms with van der Waals surface area (Å²) in [6.07, 6.45) is 1.33. The normalized spacial score (nSPS) is 15.9. The van der Waals surface area contributed by atoms with E-state index in [1.54, 1.807) is 6.08 Å². The van der Waals surface area contributed by atoms with E-state index >= 15 is 0 Å². The van der Waals surface area contributed by atoms with Gasteiger partial charge >= 0.3 is 11.9 Å². The van der Waals surface area contributed by atoms with Gasteiger partial charge < -0.3 is 20.4 Å². The molecule has 2 atom stereocenters. The number of hydrogen-bond donors (Lipinski definition) is 4. The largest absolute Gasteiger partial charge is 0.478 e. The molecule has 120 valence electrons. The van der Waals surface area contributed by atoms with E-state index in [4.69, 9.17) is 10.2 Å². The molecular weight excluding hydrogens is 296 g/mol. The highest BCUT2D eigenvalue weighted by molar-refractivity contribution is 7.99. The van der Waals surface area contributed by atoms with Crippen LogP contribution in [0.1, 0.15) is 20.8 Å². The van der Waals surface area contributed by atoms with E-state index in [9.17, 15) is 19.8 Å². The minimum absolute atomic E-state index is 0.0205. The molecule has 0 rings (SSSR count). The van der Waals surface area contributed by atoms with E-state index in [2.05, 4.69) is 0 Å². The zero-order valence-corrected chi connectivity index (χ0v) is 13.1. The molecule has 0 aliphatic carbocycles. The molecule has 0 aliphatic rings. The van der Waals surface area contributed by atoms with Crippen LogP contribution in [0.15, 0.2) is 23.3 Å². The van der Waals surface area contributed by atoms with Crippen LogP contribution in [-0.2, 0) is 9.59 Å². The molecule has 0 amide bonds. The summed E-state index contributed by atoms with van der Waals surface area (Å²) < 4.78 is 0. The van der Waals surface area contributed by atoms with Gasteiger partial charge in [0.1, 0.15) is 0 Å². The molecule has 7 heteroatoms. The molecule has 6 nitrogen and oxygen atoms in total. The highest BCUT2D eigenvalue weighted by atomic mass is 32.2. The number of aliphatic hydroxyl groups excluding tert-OH is 1. The summed E-state index contributed by atoms with van der Waals surface area (Å²) in [4.78, 5) is 21.4. The fourth-order valence-electron chi connectivity index (χ4n) is 1.55. The Morgan fingerprint density at radius 3 is 1.90 bits per heavy atom. The first-order valence-corrected chi connectivity index (χ1v) is 7.58. The number of allylic oxidation sites excluding steroid dienone is 1. The average Bonchev–Trinajstić information content (AvgIpc) is 2.36. The maximum absolute atomic E-state index is 10.7. The van der Waals surface area contributed by atoms with Crippen LogP contribution in [0.2, 0.25) is 0 Å². The third kappa shape index (κ3) is 8.54. The van der Waals surface area contributed by atoms with Crippen molar-refractivity contribution in [2.24, 2.45) is 11.8 Å². The Kier molecular flexibility index (Phi) is 9.00. The van der Waals surface area contributed by atoms with Gasteiger partial charge in [0, 0.05) is 22.8 Å². The number of aliphatic carboxylic acids is 2. The number of carbonyl (C=O) groups is 2. The van der Waals surface area contributed by atoms with Gasteiger partial charge in [-0.15, -0.1) is 0 Å². The molecule has 0 radical (unpaired) electrons. The third-order valence-corrected chi connectivity index (χ3v) is 4.13. The lowest BCUT2D eigenvalue weighted by molar-refractivity contribution is -0.133. The van der Waals surface area contributed by atoms with Crippen molar-refractivity contribution in [2.75, 3.05) is 11.5 Å². The maximum Gasteiger partial charge on any atom is 0.330 e. The Balaban J connectivity index is 4.47. The summed E-state index contributed by atoms with van der Waals surface area (Å²) in [6.45, 7) is 4.77. The minimum Gasteiger partial charge on any atom is -0.478 e. The SMILES string of the molecule is CC(=CC(C)CSCC(C=C(C)C(=O)O)C(O)O)C(=O)O. The molecule has 2 unspecified atom stereocenters. The molecule has 0 saturated heterocycles. The molecule has 0 bridgehead atoms. The van der Waals surface area contributed by atoms with Gasteiger partial charge in [-0.05, 0) is 25.5 Å². The summed E-state index contributed by atoms with van der Waals surface area (Å²) >= 11 is 1.41. The first-order chi connectivity index (χ1) is 9.65. The topological polar surface area (TPSA) is 115 Å². The zero-order chi connectivity index (χ0) is 16.6. The Labute approximate surface area is 128 Å². The van der Waals surface area contributed by atoms with Crippen LogP contribution in [0.25, 0.3) is 0 Å².